The highest BCUT2D eigenvalue weighted by Gasteiger charge is 2.12. The molecule has 0 aliphatic rings. The van der Waals surface area contributed by atoms with E-state index in [9.17, 15) is 9.90 Å². The number of nitrogens with zero attached hydrogens (tertiary/aromatic N) is 1. The van der Waals surface area contributed by atoms with Gasteiger partial charge in [0, 0.05) is 6.20 Å². The highest BCUT2D eigenvalue weighted by Crippen LogP contribution is 2.32. The first kappa shape index (κ1) is 17.8. The lowest BCUT2D eigenvalue weighted by Crippen LogP contribution is -2.04. The van der Waals surface area contributed by atoms with Gasteiger partial charge in [-0.2, -0.15) is 0 Å². The van der Waals surface area contributed by atoms with Crippen molar-refractivity contribution < 1.29 is 14.6 Å². The van der Waals surface area contributed by atoms with Crippen LogP contribution in [-0.4, -0.2) is 22.7 Å². The predicted octanol–water partition coefficient (Wildman–Crippen LogP) is 5.24. The van der Waals surface area contributed by atoms with Crippen LogP contribution in [0, 0.1) is 0 Å². The van der Waals surface area contributed by atoms with Crippen LogP contribution in [0.2, 0.25) is 5.02 Å². The van der Waals surface area contributed by atoms with E-state index in [4.69, 9.17) is 16.3 Å². The smallest absolute Gasteiger partial charge is 0.339 e. The van der Waals surface area contributed by atoms with E-state index in [1.807, 2.05) is 43.3 Å². The molecule has 5 nitrogen and oxygen atoms in total. The maximum absolute atomic E-state index is 11.3. The number of carboxylic acid groups (broad SMARTS) is 1. The molecule has 2 aromatic carbocycles. The second-order valence-electron chi connectivity index (χ2n) is 5.49. The summed E-state index contributed by atoms with van der Waals surface area (Å²) in [4.78, 5) is 15.4. The Bertz CT molecular complexity index is 944. The Hall–Kier alpha value is -3.05. The van der Waals surface area contributed by atoms with Gasteiger partial charge in [0.15, 0.2) is 0 Å². The highest BCUT2D eigenvalue weighted by atomic mass is 35.5. The fraction of sp³-hybridized carbons (Fsp3) is 0.100. The van der Waals surface area contributed by atoms with E-state index in [1.54, 1.807) is 12.1 Å². The number of hydrogen-bond acceptors (Lipinski definition) is 4. The molecule has 1 heterocycles. The van der Waals surface area contributed by atoms with Gasteiger partial charge in [-0.05, 0) is 54.4 Å². The molecule has 0 aliphatic heterocycles. The molecule has 0 radical (unpaired) electrons. The molecule has 0 bridgehead atoms. The fourth-order valence-electron chi connectivity index (χ4n) is 2.53. The normalized spacial score (nSPS) is 10.4. The standard InChI is InChI=1S/C20H17ClN2O3/c1-2-26-15-6-3-5-13(11-15)14-8-9-18(17(21)12-14)23-19-16(20(24)25)7-4-10-22-19/h3-12H,2H2,1H3,(H,22,23)(H,24,25). The quantitative estimate of drug-likeness (QED) is 0.622. The van der Waals surface area contributed by atoms with Gasteiger partial charge in [-0.15, -0.1) is 0 Å². The van der Waals surface area contributed by atoms with E-state index in [0.717, 1.165) is 16.9 Å². The number of ether oxygens (including phenoxy) is 1. The van der Waals surface area contributed by atoms with Crippen LogP contribution in [-0.2, 0) is 0 Å². The minimum Gasteiger partial charge on any atom is -0.494 e. The van der Waals surface area contributed by atoms with E-state index in [2.05, 4.69) is 10.3 Å². The number of pyridine rings is 1. The van der Waals surface area contributed by atoms with Crippen molar-refractivity contribution in [3.63, 3.8) is 0 Å². The Morgan fingerprint density at radius 2 is 1.96 bits per heavy atom. The van der Waals surface area contributed by atoms with Gasteiger partial charge in [-0.25, -0.2) is 9.78 Å². The number of carbonyl (C=O) groups is 1. The van der Waals surface area contributed by atoms with Gasteiger partial charge in [-0.1, -0.05) is 29.8 Å². The van der Waals surface area contributed by atoms with E-state index in [0.29, 0.717) is 17.3 Å². The summed E-state index contributed by atoms with van der Waals surface area (Å²) in [7, 11) is 0. The number of aromatic nitrogens is 1. The molecule has 0 saturated heterocycles. The Morgan fingerprint density at radius 1 is 1.15 bits per heavy atom. The lowest BCUT2D eigenvalue weighted by atomic mass is 10.0. The summed E-state index contributed by atoms with van der Waals surface area (Å²) in [5, 5.41) is 12.7. The Kier molecular flexibility index (Phi) is 5.39. The molecule has 0 atom stereocenters. The molecule has 6 heteroatoms. The SMILES string of the molecule is CCOc1cccc(-c2ccc(Nc3ncccc3C(=O)O)c(Cl)c2)c1. The van der Waals surface area contributed by atoms with Crippen LogP contribution in [0.15, 0.2) is 60.8 Å². The molecule has 132 valence electrons. The summed E-state index contributed by atoms with van der Waals surface area (Å²) in [5.74, 6) is -0.0167. The molecule has 1 aromatic heterocycles. The van der Waals surface area contributed by atoms with Gasteiger partial charge >= 0.3 is 5.97 Å². The number of halogens is 1. The van der Waals surface area contributed by atoms with Gasteiger partial charge in [0.1, 0.15) is 17.1 Å². The Labute approximate surface area is 156 Å². The molecule has 0 saturated carbocycles. The summed E-state index contributed by atoms with van der Waals surface area (Å²) in [6.07, 6.45) is 1.52. The van der Waals surface area contributed by atoms with Gasteiger partial charge in [0.25, 0.3) is 0 Å². The fourth-order valence-corrected chi connectivity index (χ4v) is 2.76. The van der Waals surface area contributed by atoms with Gasteiger partial charge in [-0.3, -0.25) is 0 Å². The topological polar surface area (TPSA) is 71.5 Å². The van der Waals surface area contributed by atoms with Gasteiger partial charge in [0.05, 0.1) is 17.3 Å². The second kappa shape index (κ2) is 7.89. The summed E-state index contributed by atoms with van der Waals surface area (Å²) >= 11 is 6.39. The van der Waals surface area contributed by atoms with Crippen molar-refractivity contribution in [1.82, 2.24) is 4.98 Å². The first-order valence-electron chi connectivity index (χ1n) is 8.06. The molecule has 3 aromatic rings. The third-order valence-electron chi connectivity index (χ3n) is 3.74. The van der Waals surface area contributed by atoms with Crippen LogP contribution >= 0.6 is 11.6 Å². The van der Waals surface area contributed by atoms with Crippen molar-refractivity contribution in [3.05, 3.63) is 71.4 Å². The maximum Gasteiger partial charge on any atom is 0.339 e. The average Bonchev–Trinajstić information content (AvgIpc) is 2.64. The van der Waals surface area contributed by atoms with Crippen molar-refractivity contribution >= 4 is 29.1 Å². The summed E-state index contributed by atoms with van der Waals surface area (Å²) in [6, 6.07) is 16.3. The van der Waals surface area contributed by atoms with Gasteiger partial charge in [0.2, 0.25) is 0 Å². The molecule has 26 heavy (non-hydrogen) atoms. The van der Waals surface area contributed by atoms with Crippen molar-refractivity contribution in [3.8, 4) is 16.9 Å². The van der Waals surface area contributed by atoms with Crippen LogP contribution in [0.4, 0.5) is 11.5 Å². The molecular formula is C20H17ClN2O3. The van der Waals surface area contributed by atoms with E-state index >= 15 is 0 Å². The van der Waals surface area contributed by atoms with Crippen molar-refractivity contribution in [2.75, 3.05) is 11.9 Å². The number of aromatic carboxylic acids is 1. The first-order valence-corrected chi connectivity index (χ1v) is 8.44. The lowest BCUT2D eigenvalue weighted by molar-refractivity contribution is 0.0697. The summed E-state index contributed by atoms with van der Waals surface area (Å²) in [6.45, 7) is 2.54. The molecule has 0 spiro atoms. The minimum absolute atomic E-state index is 0.0806. The average molecular weight is 369 g/mol. The van der Waals surface area contributed by atoms with Gasteiger partial charge < -0.3 is 15.2 Å². The number of carboxylic acids is 1. The zero-order chi connectivity index (χ0) is 18.5. The number of benzene rings is 2. The molecular weight excluding hydrogens is 352 g/mol. The Balaban J connectivity index is 1.89. The maximum atomic E-state index is 11.3. The second-order valence-corrected chi connectivity index (χ2v) is 5.89. The van der Waals surface area contributed by atoms with E-state index in [1.165, 1.54) is 12.3 Å². The summed E-state index contributed by atoms with van der Waals surface area (Å²) in [5.41, 5.74) is 2.57. The zero-order valence-electron chi connectivity index (χ0n) is 14.1. The van der Waals surface area contributed by atoms with E-state index in [-0.39, 0.29) is 11.4 Å². The lowest BCUT2D eigenvalue weighted by Gasteiger charge is -2.12. The highest BCUT2D eigenvalue weighted by molar-refractivity contribution is 6.33. The number of anilines is 2. The Morgan fingerprint density at radius 3 is 2.69 bits per heavy atom. The van der Waals surface area contributed by atoms with Crippen molar-refractivity contribution in [2.45, 2.75) is 6.92 Å². The van der Waals surface area contributed by atoms with Crippen LogP contribution < -0.4 is 10.1 Å². The summed E-state index contributed by atoms with van der Waals surface area (Å²) < 4.78 is 5.53. The first-order chi connectivity index (χ1) is 12.6. The molecule has 0 aliphatic carbocycles. The predicted molar refractivity (Wildman–Crippen MR) is 103 cm³/mol. The van der Waals surface area contributed by atoms with Crippen LogP contribution in [0.25, 0.3) is 11.1 Å². The molecule has 0 unspecified atom stereocenters. The third-order valence-corrected chi connectivity index (χ3v) is 4.05. The van der Waals surface area contributed by atoms with Crippen LogP contribution in [0.1, 0.15) is 17.3 Å². The molecule has 3 rings (SSSR count). The third kappa shape index (κ3) is 3.95. The number of nitrogens with one attached hydrogen (secondary N) is 1. The van der Waals surface area contributed by atoms with Crippen molar-refractivity contribution in [1.29, 1.82) is 0 Å². The largest absolute Gasteiger partial charge is 0.494 e. The molecule has 0 fully saturated rings. The number of rotatable bonds is 6. The minimum atomic E-state index is -1.05. The van der Waals surface area contributed by atoms with Crippen LogP contribution in [0.3, 0.4) is 0 Å². The monoisotopic (exact) mass is 368 g/mol. The number of hydrogen-bond donors (Lipinski definition) is 2. The zero-order valence-corrected chi connectivity index (χ0v) is 14.8. The van der Waals surface area contributed by atoms with Crippen LogP contribution in [0.5, 0.6) is 5.75 Å². The molecule has 0 amide bonds. The van der Waals surface area contributed by atoms with E-state index < -0.39 is 5.97 Å². The molecule has 2 N–H and O–H groups in total. The van der Waals surface area contributed by atoms with Crippen molar-refractivity contribution in [2.24, 2.45) is 0 Å².